The van der Waals surface area contributed by atoms with Crippen molar-refractivity contribution in [3.05, 3.63) is 59.7 Å². The lowest BCUT2D eigenvalue weighted by atomic mass is 9.89. The molecule has 1 fully saturated rings. The molecule has 2 aromatic rings. The van der Waals surface area contributed by atoms with Gasteiger partial charge >= 0.3 is 0 Å². The average Bonchev–Trinajstić information content (AvgIpc) is 2.90. The van der Waals surface area contributed by atoms with Crippen LogP contribution < -0.4 is 19.7 Å². The predicted octanol–water partition coefficient (Wildman–Crippen LogP) is 5.15. The number of fused-ring (bicyclic) bond motifs is 1. The maximum absolute atomic E-state index is 15.1. The number of ether oxygens (including phenoxy) is 2. The number of carbonyl (C=O) groups is 1. The van der Waals surface area contributed by atoms with E-state index in [1.54, 1.807) is 29.2 Å². The van der Waals surface area contributed by atoms with E-state index in [1.165, 1.54) is 20.2 Å². The zero-order valence-electron chi connectivity index (χ0n) is 23.1. The van der Waals surface area contributed by atoms with Crippen LogP contribution in [0.15, 0.2) is 52.7 Å². The van der Waals surface area contributed by atoms with Crippen molar-refractivity contribution in [2.24, 2.45) is 9.98 Å². The minimum atomic E-state index is -0.817. The highest BCUT2D eigenvalue weighted by Crippen LogP contribution is 2.43. The number of methoxy groups -OCH3 is 1. The fourth-order valence-corrected chi connectivity index (χ4v) is 5.01. The molecule has 39 heavy (non-hydrogen) atoms. The molecule has 2 aliphatic heterocycles. The van der Waals surface area contributed by atoms with Crippen LogP contribution in [0, 0.1) is 5.82 Å². The van der Waals surface area contributed by atoms with E-state index >= 15 is 4.39 Å². The lowest BCUT2D eigenvalue weighted by Crippen LogP contribution is -2.43. The van der Waals surface area contributed by atoms with Crippen molar-refractivity contribution in [2.75, 3.05) is 51.1 Å². The van der Waals surface area contributed by atoms with E-state index in [-0.39, 0.29) is 42.0 Å². The van der Waals surface area contributed by atoms with Crippen LogP contribution in [0.25, 0.3) is 0 Å². The first kappa shape index (κ1) is 28.2. The molecule has 0 spiro atoms. The summed E-state index contributed by atoms with van der Waals surface area (Å²) in [7, 11) is 5.03. The number of rotatable bonds is 6. The summed E-state index contributed by atoms with van der Waals surface area (Å²) in [5.74, 6) is -0.401. The predicted molar refractivity (Wildman–Crippen MR) is 151 cm³/mol. The lowest BCUT2D eigenvalue weighted by Gasteiger charge is -2.33. The molecule has 2 heterocycles. The Morgan fingerprint density at radius 1 is 1.23 bits per heavy atom. The third-order valence-electron chi connectivity index (χ3n) is 7.01. The van der Waals surface area contributed by atoms with Gasteiger partial charge in [0.05, 0.1) is 12.8 Å². The molecule has 0 radical (unpaired) electrons. The second-order valence-electron chi connectivity index (χ2n) is 10.0. The molecule has 0 saturated carbocycles. The van der Waals surface area contributed by atoms with Crippen LogP contribution >= 0.6 is 0 Å². The fourth-order valence-electron chi connectivity index (χ4n) is 5.01. The molecule has 10 heteroatoms. The van der Waals surface area contributed by atoms with Crippen molar-refractivity contribution in [2.45, 2.75) is 38.6 Å². The molecule has 1 amide bonds. The Labute approximate surface area is 228 Å². The number of carbonyl (C=O) groups excluding carboxylic acids is 1. The molecular weight excluding hydrogens is 504 g/mol. The van der Waals surface area contributed by atoms with E-state index in [2.05, 4.69) is 33.8 Å². The van der Waals surface area contributed by atoms with Crippen LogP contribution in [-0.2, 0) is 4.79 Å². The summed E-state index contributed by atoms with van der Waals surface area (Å²) in [5, 5.41) is 2.97. The molecule has 208 valence electrons. The van der Waals surface area contributed by atoms with E-state index in [0.29, 0.717) is 34.0 Å². The molecule has 8 nitrogen and oxygen atoms in total. The number of piperidine rings is 1. The summed E-state index contributed by atoms with van der Waals surface area (Å²) in [6, 6.07) is 7.97. The van der Waals surface area contributed by atoms with Gasteiger partial charge in [-0.05, 0) is 82.6 Å². The smallest absolute Gasteiger partial charge is 0.265 e. The van der Waals surface area contributed by atoms with Crippen LogP contribution in [0.4, 0.5) is 20.2 Å². The highest BCUT2D eigenvalue weighted by Gasteiger charge is 2.31. The molecule has 0 atom stereocenters. The maximum atomic E-state index is 15.1. The minimum absolute atomic E-state index is 0.0555. The van der Waals surface area contributed by atoms with Crippen molar-refractivity contribution in [3.63, 3.8) is 0 Å². The second kappa shape index (κ2) is 11.9. The number of nitrogens with zero attached hydrogens (tertiary/aromatic N) is 4. The van der Waals surface area contributed by atoms with Gasteiger partial charge < -0.3 is 24.6 Å². The number of hydrogen-bond donors (Lipinski definition) is 1. The Hall–Kier alpha value is -3.79. The van der Waals surface area contributed by atoms with Crippen LogP contribution in [0.1, 0.15) is 43.7 Å². The van der Waals surface area contributed by atoms with Crippen LogP contribution in [0.2, 0.25) is 0 Å². The molecule has 0 bridgehead atoms. The summed E-state index contributed by atoms with van der Waals surface area (Å²) in [4.78, 5) is 24.9. The SMILES string of the molecule is C=C(F)C(=NC(=NC)Nc1ccc(C2CCN(C)CC2)c(F)c1)c1cc(OC)c2c(c1)N(C(C)C)C(=O)CO2. The summed E-state index contributed by atoms with van der Waals surface area (Å²) < 4.78 is 41.0. The van der Waals surface area contributed by atoms with Gasteiger partial charge in [-0.1, -0.05) is 12.6 Å². The quantitative estimate of drug-likeness (QED) is 0.406. The van der Waals surface area contributed by atoms with E-state index < -0.39 is 5.83 Å². The molecule has 1 saturated heterocycles. The zero-order valence-corrected chi connectivity index (χ0v) is 23.1. The number of aliphatic imine (C=N–C) groups is 2. The van der Waals surface area contributed by atoms with Gasteiger partial charge in [0.15, 0.2) is 18.1 Å². The van der Waals surface area contributed by atoms with E-state index in [9.17, 15) is 9.18 Å². The monoisotopic (exact) mass is 539 g/mol. The lowest BCUT2D eigenvalue weighted by molar-refractivity contribution is -0.121. The van der Waals surface area contributed by atoms with Crippen molar-refractivity contribution in [3.8, 4) is 11.5 Å². The molecule has 2 aromatic carbocycles. The van der Waals surface area contributed by atoms with Gasteiger partial charge in [-0.3, -0.25) is 9.79 Å². The highest BCUT2D eigenvalue weighted by atomic mass is 19.1. The number of nitrogens with one attached hydrogen (secondary N) is 1. The largest absolute Gasteiger partial charge is 0.493 e. The summed E-state index contributed by atoms with van der Waals surface area (Å²) in [6.45, 7) is 8.94. The molecule has 2 aliphatic rings. The summed E-state index contributed by atoms with van der Waals surface area (Å²) >= 11 is 0. The molecule has 1 N–H and O–H groups in total. The van der Waals surface area contributed by atoms with Crippen LogP contribution in [0.5, 0.6) is 11.5 Å². The van der Waals surface area contributed by atoms with Gasteiger partial charge in [0.1, 0.15) is 17.4 Å². The van der Waals surface area contributed by atoms with Gasteiger partial charge in [-0.2, -0.15) is 0 Å². The normalized spacial score (nSPS) is 17.2. The first-order chi connectivity index (χ1) is 18.6. The summed E-state index contributed by atoms with van der Waals surface area (Å²) in [5.41, 5.74) is 1.77. The zero-order chi connectivity index (χ0) is 28.3. The first-order valence-electron chi connectivity index (χ1n) is 13.0. The maximum Gasteiger partial charge on any atom is 0.265 e. The Morgan fingerprint density at radius 3 is 2.54 bits per heavy atom. The van der Waals surface area contributed by atoms with Crippen molar-refractivity contribution in [1.29, 1.82) is 0 Å². The van der Waals surface area contributed by atoms with Crippen LogP contribution in [-0.4, -0.2) is 69.4 Å². The number of halogens is 2. The average molecular weight is 540 g/mol. The highest BCUT2D eigenvalue weighted by molar-refractivity contribution is 6.18. The number of benzene rings is 2. The third kappa shape index (κ3) is 6.11. The number of hydrogen-bond acceptors (Lipinski definition) is 5. The van der Waals surface area contributed by atoms with Crippen molar-refractivity contribution < 1.29 is 23.0 Å². The second-order valence-corrected chi connectivity index (χ2v) is 10.0. The molecule has 0 unspecified atom stereocenters. The standard InChI is InChI=1S/C29H35F2N5O3/c1-17(2)36-24-13-20(14-25(38-6)28(24)39-16-26(36)37)27(18(3)30)34-29(32-4)33-21-7-8-22(23(31)15-21)19-9-11-35(5)12-10-19/h7-8,13-15,17,19H,3,9-12,16H2,1-2,4-6H3,(H,32,33). The Bertz CT molecular complexity index is 1320. The van der Waals surface area contributed by atoms with E-state index in [4.69, 9.17) is 9.47 Å². The van der Waals surface area contributed by atoms with E-state index in [1.807, 2.05) is 13.8 Å². The van der Waals surface area contributed by atoms with Gasteiger partial charge in [-0.25, -0.2) is 13.8 Å². The van der Waals surface area contributed by atoms with Gasteiger partial charge in [-0.15, -0.1) is 0 Å². The number of allylic oxidation sites excluding steroid dienone is 1. The van der Waals surface area contributed by atoms with Crippen LogP contribution in [0.3, 0.4) is 0 Å². The minimum Gasteiger partial charge on any atom is -0.493 e. The molecule has 0 aliphatic carbocycles. The number of amides is 1. The fraction of sp³-hybridized carbons (Fsp3) is 0.414. The molecule has 0 aromatic heterocycles. The number of guanidine groups is 1. The number of likely N-dealkylation sites (tertiary alicyclic amines) is 1. The third-order valence-corrected chi connectivity index (χ3v) is 7.01. The van der Waals surface area contributed by atoms with Gasteiger partial charge in [0.2, 0.25) is 5.96 Å². The van der Waals surface area contributed by atoms with Gasteiger partial charge in [0.25, 0.3) is 5.91 Å². The Kier molecular flexibility index (Phi) is 8.64. The summed E-state index contributed by atoms with van der Waals surface area (Å²) in [6.07, 6.45) is 1.81. The topological polar surface area (TPSA) is 78.8 Å². The Balaban J connectivity index is 1.65. The van der Waals surface area contributed by atoms with Crippen molar-refractivity contribution in [1.82, 2.24) is 4.90 Å². The first-order valence-corrected chi connectivity index (χ1v) is 13.0. The van der Waals surface area contributed by atoms with Crippen molar-refractivity contribution >= 4 is 29.0 Å². The van der Waals surface area contributed by atoms with E-state index in [0.717, 1.165) is 25.9 Å². The molecule has 4 rings (SSSR count). The molecular formula is C29H35F2N5O3. The Morgan fingerprint density at radius 2 is 1.95 bits per heavy atom. The van der Waals surface area contributed by atoms with Gasteiger partial charge in [0, 0.05) is 24.3 Å². The number of anilines is 2.